The number of hydrogen-bond donors (Lipinski definition) is 1. The van der Waals surface area contributed by atoms with Crippen molar-refractivity contribution in [3.8, 4) is 0 Å². The van der Waals surface area contributed by atoms with Gasteiger partial charge >= 0.3 is 5.97 Å². The zero-order chi connectivity index (χ0) is 14.5. The van der Waals surface area contributed by atoms with E-state index in [9.17, 15) is 9.90 Å². The Labute approximate surface area is 119 Å². The number of ether oxygens (including phenoxy) is 2. The Morgan fingerprint density at radius 3 is 2.75 bits per heavy atom. The van der Waals surface area contributed by atoms with Crippen LogP contribution in [0.2, 0.25) is 0 Å². The van der Waals surface area contributed by atoms with Gasteiger partial charge in [-0.25, -0.2) is 4.79 Å². The van der Waals surface area contributed by atoms with Gasteiger partial charge in [-0.1, -0.05) is 12.1 Å². The maximum Gasteiger partial charge on any atom is 0.337 e. The molecule has 0 radical (unpaired) electrons. The summed E-state index contributed by atoms with van der Waals surface area (Å²) in [6.07, 6.45) is -0.111. The standard InChI is InChI=1S/C15H21NO4/c1-11-10-20-14(9-17)8-16(11)7-12-3-5-13(6-4-12)15(18)19-2/h3-6,11,14,17H,7-10H2,1-2H3. The molecule has 1 fully saturated rings. The van der Waals surface area contributed by atoms with Crippen LogP contribution in [0.25, 0.3) is 0 Å². The fraction of sp³-hybridized carbons (Fsp3) is 0.533. The van der Waals surface area contributed by atoms with E-state index in [4.69, 9.17) is 4.74 Å². The highest BCUT2D eigenvalue weighted by molar-refractivity contribution is 5.89. The quantitative estimate of drug-likeness (QED) is 0.835. The second-order valence-electron chi connectivity index (χ2n) is 5.10. The first-order valence-electron chi connectivity index (χ1n) is 6.77. The predicted molar refractivity (Wildman–Crippen MR) is 74.5 cm³/mol. The minimum absolute atomic E-state index is 0.0461. The molecule has 2 atom stereocenters. The molecule has 1 aliphatic rings. The van der Waals surface area contributed by atoms with Crippen LogP contribution in [0.3, 0.4) is 0 Å². The molecule has 1 saturated heterocycles. The van der Waals surface area contributed by atoms with Gasteiger partial charge in [0.05, 0.1) is 32.0 Å². The average Bonchev–Trinajstić information content (AvgIpc) is 2.49. The lowest BCUT2D eigenvalue weighted by Gasteiger charge is -2.37. The number of nitrogens with zero attached hydrogens (tertiary/aromatic N) is 1. The maximum atomic E-state index is 11.4. The van der Waals surface area contributed by atoms with Gasteiger partial charge in [-0.3, -0.25) is 4.90 Å². The van der Waals surface area contributed by atoms with E-state index in [-0.39, 0.29) is 18.7 Å². The molecule has 1 aromatic rings. The van der Waals surface area contributed by atoms with Crippen molar-refractivity contribution in [3.05, 3.63) is 35.4 Å². The first-order chi connectivity index (χ1) is 9.63. The van der Waals surface area contributed by atoms with Gasteiger partial charge in [0.15, 0.2) is 0 Å². The van der Waals surface area contributed by atoms with Crippen LogP contribution in [0.15, 0.2) is 24.3 Å². The molecule has 110 valence electrons. The largest absolute Gasteiger partial charge is 0.465 e. The van der Waals surface area contributed by atoms with Gasteiger partial charge in [0.25, 0.3) is 0 Å². The van der Waals surface area contributed by atoms with Crippen molar-refractivity contribution >= 4 is 5.97 Å². The summed E-state index contributed by atoms with van der Waals surface area (Å²) in [5, 5.41) is 9.18. The molecule has 0 spiro atoms. The molecule has 0 aliphatic carbocycles. The number of aliphatic hydroxyl groups is 1. The smallest absolute Gasteiger partial charge is 0.337 e. The van der Waals surface area contributed by atoms with Gasteiger partial charge in [0.1, 0.15) is 0 Å². The maximum absolute atomic E-state index is 11.4. The van der Waals surface area contributed by atoms with Gasteiger partial charge in [-0.05, 0) is 24.6 Å². The van der Waals surface area contributed by atoms with E-state index in [1.165, 1.54) is 7.11 Å². The zero-order valence-corrected chi connectivity index (χ0v) is 11.9. The van der Waals surface area contributed by atoms with Crippen LogP contribution in [-0.2, 0) is 16.0 Å². The monoisotopic (exact) mass is 279 g/mol. The molecule has 0 saturated carbocycles. The Balaban J connectivity index is 2.00. The summed E-state index contributed by atoms with van der Waals surface area (Å²) in [6.45, 7) is 4.28. The molecular formula is C15H21NO4. The zero-order valence-electron chi connectivity index (χ0n) is 11.9. The number of carbonyl (C=O) groups is 1. The number of hydrogen-bond acceptors (Lipinski definition) is 5. The van der Waals surface area contributed by atoms with Crippen molar-refractivity contribution in [2.24, 2.45) is 0 Å². The van der Waals surface area contributed by atoms with Crippen LogP contribution < -0.4 is 0 Å². The fourth-order valence-corrected chi connectivity index (χ4v) is 2.30. The molecule has 0 bridgehead atoms. The summed E-state index contributed by atoms with van der Waals surface area (Å²) in [7, 11) is 1.38. The number of morpholine rings is 1. The second-order valence-corrected chi connectivity index (χ2v) is 5.10. The van der Waals surface area contributed by atoms with E-state index < -0.39 is 0 Å². The number of esters is 1. The van der Waals surface area contributed by atoms with E-state index in [0.717, 1.165) is 18.7 Å². The van der Waals surface area contributed by atoms with Gasteiger partial charge in [0.2, 0.25) is 0 Å². The highest BCUT2D eigenvalue weighted by Gasteiger charge is 2.25. The van der Waals surface area contributed by atoms with Crippen LogP contribution in [0.1, 0.15) is 22.8 Å². The molecule has 1 aliphatic heterocycles. The van der Waals surface area contributed by atoms with Gasteiger partial charge in [0, 0.05) is 19.1 Å². The minimum atomic E-state index is -0.323. The molecule has 0 aromatic heterocycles. The molecule has 2 unspecified atom stereocenters. The Bertz CT molecular complexity index is 446. The van der Waals surface area contributed by atoms with E-state index in [1.54, 1.807) is 12.1 Å². The predicted octanol–water partition coefficient (Wildman–Crippen LogP) is 1.05. The molecule has 1 N–H and O–H groups in total. The topological polar surface area (TPSA) is 59.0 Å². The number of aliphatic hydroxyl groups excluding tert-OH is 1. The number of carbonyl (C=O) groups excluding carboxylic acids is 1. The van der Waals surface area contributed by atoms with Gasteiger partial charge in [-0.2, -0.15) is 0 Å². The van der Waals surface area contributed by atoms with Crippen molar-refractivity contribution in [2.75, 3.05) is 26.9 Å². The number of rotatable bonds is 4. The third-order valence-corrected chi connectivity index (χ3v) is 3.60. The highest BCUT2D eigenvalue weighted by atomic mass is 16.5. The van der Waals surface area contributed by atoms with E-state index in [0.29, 0.717) is 18.2 Å². The van der Waals surface area contributed by atoms with Crippen LogP contribution in [0, 0.1) is 0 Å². The SMILES string of the molecule is COC(=O)c1ccc(CN2CC(CO)OCC2C)cc1. The molecular weight excluding hydrogens is 258 g/mol. The summed E-state index contributed by atoms with van der Waals surface area (Å²) in [6, 6.07) is 7.73. The minimum Gasteiger partial charge on any atom is -0.465 e. The Morgan fingerprint density at radius 2 is 2.15 bits per heavy atom. The van der Waals surface area contributed by atoms with Crippen LogP contribution in [-0.4, -0.2) is 55.0 Å². The van der Waals surface area contributed by atoms with Crippen LogP contribution in [0.5, 0.6) is 0 Å². The Morgan fingerprint density at radius 1 is 1.45 bits per heavy atom. The van der Waals surface area contributed by atoms with Crippen molar-refractivity contribution in [3.63, 3.8) is 0 Å². The lowest BCUT2D eigenvalue weighted by atomic mass is 10.1. The van der Waals surface area contributed by atoms with Crippen molar-refractivity contribution in [1.29, 1.82) is 0 Å². The lowest BCUT2D eigenvalue weighted by Crippen LogP contribution is -2.48. The molecule has 1 aromatic carbocycles. The van der Waals surface area contributed by atoms with E-state index in [1.807, 2.05) is 12.1 Å². The molecule has 20 heavy (non-hydrogen) atoms. The average molecular weight is 279 g/mol. The second kappa shape index (κ2) is 6.83. The highest BCUT2D eigenvalue weighted by Crippen LogP contribution is 2.16. The summed E-state index contributed by atoms with van der Waals surface area (Å²) >= 11 is 0. The van der Waals surface area contributed by atoms with Crippen molar-refractivity contribution in [2.45, 2.75) is 25.6 Å². The Hall–Kier alpha value is -1.43. The van der Waals surface area contributed by atoms with Crippen LogP contribution in [0.4, 0.5) is 0 Å². The molecule has 0 amide bonds. The Kier molecular flexibility index (Phi) is 5.11. The van der Waals surface area contributed by atoms with E-state index >= 15 is 0 Å². The van der Waals surface area contributed by atoms with Crippen LogP contribution >= 0.6 is 0 Å². The van der Waals surface area contributed by atoms with Crippen molar-refractivity contribution in [1.82, 2.24) is 4.90 Å². The number of methoxy groups -OCH3 is 1. The molecule has 5 heteroatoms. The van der Waals surface area contributed by atoms with Crippen molar-refractivity contribution < 1.29 is 19.4 Å². The van der Waals surface area contributed by atoms with Gasteiger partial charge < -0.3 is 14.6 Å². The third kappa shape index (κ3) is 3.56. The van der Waals surface area contributed by atoms with Gasteiger partial charge in [-0.15, -0.1) is 0 Å². The third-order valence-electron chi connectivity index (χ3n) is 3.60. The summed E-state index contributed by atoms with van der Waals surface area (Å²) in [5.74, 6) is -0.323. The molecule has 1 heterocycles. The summed E-state index contributed by atoms with van der Waals surface area (Å²) in [5.41, 5.74) is 1.68. The first kappa shape index (κ1) is 15.0. The molecule has 2 rings (SSSR count). The summed E-state index contributed by atoms with van der Waals surface area (Å²) < 4.78 is 10.2. The summed E-state index contributed by atoms with van der Waals surface area (Å²) in [4.78, 5) is 13.6. The number of benzene rings is 1. The van der Waals surface area contributed by atoms with E-state index in [2.05, 4.69) is 16.6 Å². The first-order valence-corrected chi connectivity index (χ1v) is 6.77. The fourth-order valence-electron chi connectivity index (χ4n) is 2.30. The molecule has 5 nitrogen and oxygen atoms in total. The normalized spacial score (nSPS) is 23.6. The lowest BCUT2D eigenvalue weighted by molar-refractivity contribution is -0.0805.